The fourth-order valence-electron chi connectivity index (χ4n) is 2.82. The van der Waals surface area contributed by atoms with E-state index in [4.69, 9.17) is 4.74 Å². The summed E-state index contributed by atoms with van der Waals surface area (Å²) in [4.78, 5) is 12.3. The topological polar surface area (TPSA) is 38.3 Å². The molecular weight excluding hydrogens is 226 g/mol. The minimum absolute atomic E-state index is 0.0381. The molecule has 0 spiro atoms. The Bertz CT molecular complexity index is 265. The van der Waals surface area contributed by atoms with Crippen molar-refractivity contribution < 1.29 is 9.53 Å². The van der Waals surface area contributed by atoms with Crippen molar-refractivity contribution in [2.24, 2.45) is 11.8 Å². The van der Waals surface area contributed by atoms with Gasteiger partial charge in [-0.1, -0.05) is 40.0 Å². The molecule has 0 aliphatic heterocycles. The highest BCUT2D eigenvalue weighted by Gasteiger charge is 2.43. The van der Waals surface area contributed by atoms with Crippen molar-refractivity contribution in [1.82, 2.24) is 5.32 Å². The predicted molar refractivity (Wildman–Crippen MR) is 74.5 cm³/mol. The van der Waals surface area contributed by atoms with Crippen LogP contribution >= 0.6 is 0 Å². The van der Waals surface area contributed by atoms with E-state index in [1.807, 2.05) is 6.92 Å². The zero-order chi connectivity index (χ0) is 13.6. The molecule has 1 N–H and O–H groups in total. The third kappa shape index (κ3) is 3.98. The smallest absolute Gasteiger partial charge is 0.326 e. The maximum atomic E-state index is 12.3. The number of esters is 1. The minimum atomic E-state index is -0.417. The maximum Gasteiger partial charge on any atom is 0.326 e. The highest BCUT2D eigenvalue weighted by atomic mass is 16.5. The quantitative estimate of drug-likeness (QED) is 0.741. The molecule has 2 atom stereocenters. The van der Waals surface area contributed by atoms with Crippen LogP contribution in [0.5, 0.6) is 0 Å². The number of nitrogens with one attached hydrogen (secondary N) is 1. The predicted octanol–water partition coefficient (Wildman–Crippen LogP) is 3.13. The molecule has 18 heavy (non-hydrogen) atoms. The molecule has 1 saturated carbocycles. The van der Waals surface area contributed by atoms with E-state index in [2.05, 4.69) is 26.1 Å². The maximum absolute atomic E-state index is 12.3. The Kier molecular flexibility index (Phi) is 6.13. The molecule has 3 heteroatoms. The van der Waals surface area contributed by atoms with Crippen LogP contribution in [0.4, 0.5) is 0 Å². The van der Waals surface area contributed by atoms with Crippen molar-refractivity contribution in [3.05, 3.63) is 0 Å². The Balaban J connectivity index is 2.75. The molecule has 1 aliphatic carbocycles. The second-order valence-electron chi connectivity index (χ2n) is 5.95. The summed E-state index contributed by atoms with van der Waals surface area (Å²) in [6.45, 7) is 9.80. The number of hydrogen-bond acceptors (Lipinski definition) is 3. The molecule has 0 heterocycles. The monoisotopic (exact) mass is 255 g/mol. The van der Waals surface area contributed by atoms with Gasteiger partial charge in [-0.15, -0.1) is 0 Å². The molecule has 106 valence electrons. The molecule has 0 aromatic heterocycles. The molecule has 0 radical (unpaired) electrons. The van der Waals surface area contributed by atoms with Gasteiger partial charge in [-0.2, -0.15) is 0 Å². The summed E-state index contributed by atoms with van der Waals surface area (Å²) in [5.41, 5.74) is -0.417. The molecular formula is C15H29NO2. The summed E-state index contributed by atoms with van der Waals surface area (Å²) in [5.74, 6) is 1.17. The van der Waals surface area contributed by atoms with Gasteiger partial charge in [0.1, 0.15) is 5.54 Å². The number of carbonyl (C=O) groups is 1. The van der Waals surface area contributed by atoms with Crippen LogP contribution in [0.25, 0.3) is 0 Å². The Labute approximate surface area is 112 Å². The minimum Gasteiger partial charge on any atom is -0.465 e. The largest absolute Gasteiger partial charge is 0.465 e. The number of hydrogen-bond donors (Lipinski definition) is 1. The molecule has 0 aromatic rings. The first kappa shape index (κ1) is 15.5. The van der Waals surface area contributed by atoms with Gasteiger partial charge in [-0.05, 0) is 38.1 Å². The lowest BCUT2D eigenvalue weighted by atomic mass is 9.74. The van der Waals surface area contributed by atoms with Crippen LogP contribution in [0.1, 0.15) is 59.8 Å². The molecule has 2 unspecified atom stereocenters. The van der Waals surface area contributed by atoms with E-state index < -0.39 is 5.54 Å². The summed E-state index contributed by atoms with van der Waals surface area (Å²) in [5, 5.41) is 3.51. The molecule has 0 aromatic carbocycles. The second-order valence-corrected chi connectivity index (χ2v) is 5.95. The van der Waals surface area contributed by atoms with Crippen molar-refractivity contribution in [1.29, 1.82) is 0 Å². The molecule has 0 amide bonds. The highest BCUT2D eigenvalue weighted by Crippen LogP contribution is 2.35. The third-order valence-electron chi connectivity index (χ3n) is 3.95. The van der Waals surface area contributed by atoms with Gasteiger partial charge < -0.3 is 10.1 Å². The zero-order valence-corrected chi connectivity index (χ0v) is 12.4. The van der Waals surface area contributed by atoms with Gasteiger partial charge in [-0.3, -0.25) is 4.79 Å². The van der Waals surface area contributed by atoms with E-state index in [1.54, 1.807) is 0 Å². The van der Waals surface area contributed by atoms with Gasteiger partial charge in [0.25, 0.3) is 0 Å². The SMILES string of the molecule is CCOC(=O)C1(NCC(C)C)CCCC(CC)C1. The first-order valence-corrected chi connectivity index (χ1v) is 7.46. The van der Waals surface area contributed by atoms with Crippen molar-refractivity contribution >= 4 is 5.97 Å². The van der Waals surface area contributed by atoms with Crippen LogP contribution in [0.15, 0.2) is 0 Å². The second kappa shape index (κ2) is 7.13. The van der Waals surface area contributed by atoms with E-state index in [0.717, 1.165) is 32.2 Å². The number of rotatable bonds is 6. The first-order valence-electron chi connectivity index (χ1n) is 7.46. The van der Waals surface area contributed by atoms with Crippen LogP contribution in [0, 0.1) is 11.8 Å². The summed E-state index contributed by atoms with van der Waals surface area (Å²) >= 11 is 0. The number of carbonyl (C=O) groups excluding carboxylic acids is 1. The van der Waals surface area contributed by atoms with Crippen LogP contribution in [-0.4, -0.2) is 24.7 Å². The molecule has 1 rings (SSSR count). The molecule has 0 saturated heterocycles. The summed E-state index contributed by atoms with van der Waals surface area (Å²) in [6.07, 6.45) is 5.40. The Hall–Kier alpha value is -0.570. The lowest BCUT2D eigenvalue weighted by Crippen LogP contribution is -2.56. The first-order chi connectivity index (χ1) is 8.54. The van der Waals surface area contributed by atoms with E-state index in [-0.39, 0.29) is 5.97 Å². The summed E-state index contributed by atoms with van der Waals surface area (Å²) in [6, 6.07) is 0. The summed E-state index contributed by atoms with van der Waals surface area (Å²) < 4.78 is 5.31. The van der Waals surface area contributed by atoms with Crippen molar-refractivity contribution in [2.75, 3.05) is 13.2 Å². The Morgan fingerprint density at radius 1 is 1.44 bits per heavy atom. The fraction of sp³-hybridized carbons (Fsp3) is 0.933. The van der Waals surface area contributed by atoms with Gasteiger partial charge in [-0.25, -0.2) is 0 Å². The van der Waals surface area contributed by atoms with Crippen molar-refractivity contribution in [2.45, 2.75) is 65.3 Å². The highest BCUT2D eigenvalue weighted by molar-refractivity contribution is 5.81. The van der Waals surface area contributed by atoms with Gasteiger partial charge in [0.05, 0.1) is 6.61 Å². The van der Waals surface area contributed by atoms with E-state index in [1.165, 1.54) is 6.42 Å². The van der Waals surface area contributed by atoms with E-state index in [0.29, 0.717) is 18.4 Å². The van der Waals surface area contributed by atoms with Crippen molar-refractivity contribution in [3.8, 4) is 0 Å². The Morgan fingerprint density at radius 3 is 2.72 bits per heavy atom. The van der Waals surface area contributed by atoms with Crippen LogP contribution in [0.2, 0.25) is 0 Å². The average molecular weight is 255 g/mol. The van der Waals surface area contributed by atoms with Crippen LogP contribution < -0.4 is 5.32 Å². The van der Waals surface area contributed by atoms with Gasteiger partial charge in [0.2, 0.25) is 0 Å². The van der Waals surface area contributed by atoms with E-state index in [9.17, 15) is 4.79 Å². The fourth-order valence-corrected chi connectivity index (χ4v) is 2.82. The van der Waals surface area contributed by atoms with Crippen LogP contribution in [0.3, 0.4) is 0 Å². The van der Waals surface area contributed by atoms with Crippen molar-refractivity contribution in [3.63, 3.8) is 0 Å². The summed E-state index contributed by atoms with van der Waals surface area (Å²) in [7, 11) is 0. The molecule has 0 bridgehead atoms. The lowest BCUT2D eigenvalue weighted by Gasteiger charge is -2.40. The lowest BCUT2D eigenvalue weighted by molar-refractivity contribution is -0.153. The third-order valence-corrected chi connectivity index (χ3v) is 3.95. The van der Waals surface area contributed by atoms with Gasteiger partial charge >= 0.3 is 5.97 Å². The number of ether oxygens (including phenoxy) is 1. The zero-order valence-electron chi connectivity index (χ0n) is 12.4. The van der Waals surface area contributed by atoms with Gasteiger partial charge in [0.15, 0.2) is 0 Å². The van der Waals surface area contributed by atoms with E-state index >= 15 is 0 Å². The van der Waals surface area contributed by atoms with Crippen LogP contribution in [-0.2, 0) is 9.53 Å². The van der Waals surface area contributed by atoms with Gasteiger partial charge in [0, 0.05) is 0 Å². The molecule has 1 aliphatic rings. The average Bonchev–Trinajstić information content (AvgIpc) is 2.37. The molecule has 3 nitrogen and oxygen atoms in total. The molecule has 1 fully saturated rings. The normalized spacial score (nSPS) is 28.4. The standard InChI is InChI=1S/C15H29NO2/c1-5-13-8-7-9-15(10-13,14(17)18-6-2)16-11-12(3)4/h12-13,16H,5-11H2,1-4H3. The Morgan fingerprint density at radius 2 is 2.17 bits per heavy atom.